The molecule has 9 nitrogen and oxygen atoms in total. The molecule has 0 rings (SSSR count). The third-order valence-electron chi connectivity index (χ3n) is 10.7. The monoisotopic (exact) mass is 868 g/mol. The molecule has 0 aromatic rings. The van der Waals surface area contributed by atoms with E-state index in [9.17, 15) is 19.0 Å². The van der Waals surface area contributed by atoms with Crippen LogP contribution in [0.15, 0.2) is 36.5 Å². The maximum Gasteiger partial charge on any atom is 0.306 e. The van der Waals surface area contributed by atoms with E-state index in [4.69, 9.17) is 18.5 Å². The number of phosphoric acid groups is 1. The van der Waals surface area contributed by atoms with Crippen LogP contribution in [0.4, 0.5) is 0 Å². The molecule has 0 aromatic carbocycles. The Morgan fingerprint density at radius 3 is 1.38 bits per heavy atom. The highest BCUT2D eigenvalue weighted by molar-refractivity contribution is 7.45. The number of phosphoric ester groups is 1. The zero-order chi connectivity index (χ0) is 44.3. The molecule has 1 unspecified atom stereocenters. The molecule has 0 spiro atoms. The van der Waals surface area contributed by atoms with Crippen LogP contribution in [0.25, 0.3) is 0 Å². The molecule has 0 heterocycles. The second kappa shape index (κ2) is 42.5. The molecule has 352 valence electrons. The molecule has 60 heavy (non-hydrogen) atoms. The molecule has 10 heteroatoms. The topological polar surface area (TPSA) is 111 Å². The van der Waals surface area contributed by atoms with Crippen LogP contribution in [-0.4, -0.2) is 70.0 Å². The van der Waals surface area contributed by atoms with Crippen molar-refractivity contribution in [2.24, 2.45) is 0 Å². The lowest BCUT2D eigenvalue weighted by molar-refractivity contribution is -0.870. The number of rotatable bonds is 45. The van der Waals surface area contributed by atoms with E-state index in [0.29, 0.717) is 23.9 Å². The summed E-state index contributed by atoms with van der Waals surface area (Å²) in [6.45, 7) is 4.19. The number of allylic oxidation sites excluding steroid dienone is 6. The predicted molar refractivity (Wildman–Crippen MR) is 250 cm³/mol. The minimum absolute atomic E-state index is 0.0389. The van der Waals surface area contributed by atoms with Crippen molar-refractivity contribution in [2.45, 2.75) is 225 Å². The van der Waals surface area contributed by atoms with Crippen LogP contribution in [0.3, 0.4) is 0 Å². The molecule has 0 amide bonds. The van der Waals surface area contributed by atoms with Crippen molar-refractivity contribution in [3.8, 4) is 0 Å². The van der Waals surface area contributed by atoms with Gasteiger partial charge in [0, 0.05) is 12.8 Å². The molecule has 0 saturated heterocycles. The summed E-state index contributed by atoms with van der Waals surface area (Å²) in [5, 5.41) is 0. The Hall–Kier alpha value is -1.77. The van der Waals surface area contributed by atoms with E-state index in [-0.39, 0.29) is 26.1 Å². The highest BCUT2D eigenvalue weighted by Gasteiger charge is 2.21. The fourth-order valence-electron chi connectivity index (χ4n) is 6.79. The van der Waals surface area contributed by atoms with Gasteiger partial charge < -0.3 is 27.9 Å². The Bertz CT molecular complexity index is 1120. The Kier molecular flexibility index (Phi) is 41.3. The first-order chi connectivity index (χ1) is 29.0. The number of ether oxygens (including phenoxy) is 2. The quantitative estimate of drug-likeness (QED) is 0.0196. The highest BCUT2D eigenvalue weighted by atomic mass is 31.2. The van der Waals surface area contributed by atoms with E-state index in [1.54, 1.807) is 0 Å². The molecule has 0 bridgehead atoms. The second-order valence-electron chi connectivity index (χ2n) is 17.8. The summed E-state index contributed by atoms with van der Waals surface area (Å²) >= 11 is 0. The number of hydrogen-bond acceptors (Lipinski definition) is 8. The van der Waals surface area contributed by atoms with Crippen molar-refractivity contribution >= 4 is 19.8 Å². The molecular weight excluding hydrogens is 774 g/mol. The number of quaternary nitrogens is 1. The Balaban J connectivity index is 4.33. The Labute approximate surface area is 370 Å². The first-order valence-corrected chi connectivity index (χ1v) is 26.2. The largest absolute Gasteiger partial charge is 0.756 e. The average molecular weight is 868 g/mol. The van der Waals surface area contributed by atoms with Crippen molar-refractivity contribution in [1.29, 1.82) is 0 Å². The lowest BCUT2D eigenvalue weighted by atomic mass is 10.0. The average Bonchev–Trinajstić information content (AvgIpc) is 3.20. The normalized spacial score (nSPS) is 13.8. The van der Waals surface area contributed by atoms with E-state index < -0.39 is 32.5 Å². The number of carbonyl (C=O) groups excluding carboxylic acids is 2. The van der Waals surface area contributed by atoms with Gasteiger partial charge in [-0.2, -0.15) is 0 Å². The number of hydrogen-bond donors (Lipinski definition) is 0. The SMILES string of the molecule is CCCCCCCC/C=C\C/C=C\C/C=C\CCCC(=O)O[C@H](COC(=O)CCCCCCCCCCCCCCCCCCCCC)COP(=O)([O-])OCC[N+](C)(C)C. The molecular formula is C50H94NO8P. The Morgan fingerprint density at radius 2 is 0.917 bits per heavy atom. The zero-order valence-corrected chi connectivity index (χ0v) is 40.6. The zero-order valence-electron chi connectivity index (χ0n) is 39.7. The molecule has 2 atom stereocenters. The van der Waals surface area contributed by atoms with E-state index in [0.717, 1.165) is 38.5 Å². The summed E-state index contributed by atoms with van der Waals surface area (Å²) < 4.78 is 33.9. The van der Waals surface area contributed by atoms with Crippen molar-refractivity contribution in [3.05, 3.63) is 36.5 Å². The van der Waals surface area contributed by atoms with Crippen LogP contribution >= 0.6 is 7.82 Å². The summed E-state index contributed by atoms with van der Waals surface area (Å²) in [5.74, 6) is -0.887. The van der Waals surface area contributed by atoms with Crippen LogP contribution in [0.2, 0.25) is 0 Å². The van der Waals surface area contributed by atoms with Crippen molar-refractivity contribution in [2.75, 3.05) is 47.5 Å². The molecule has 0 N–H and O–H groups in total. The van der Waals surface area contributed by atoms with Gasteiger partial charge in [0.05, 0.1) is 27.7 Å². The summed E-state index contributed by atoms with van der Waals surface area (Å²) in [6, 6.07) is 0. The van der Waals surface area contributed by atoms with Gasteiger partial charge in [0.15, 0.2) is 6.10 Å². The summed E-state index contributed by atoms with van der Waals surface area (Å²) in [4.78, 5) is 37.6. The molecule has 0 radical (unpaired) electrons. The fraction of sp³-hybridized carbons (Fsp3) is 0.840. The van der Waals surface area contributed by atoms with Crippen LogP contribution in [-0.2, 0) is 32.7 Å². The molecule has 0 saturated carbocycles. The number of nitrogens with zero attached hydrogens (tertiary/aromatic N) is 1. The summed E-state index contributed by atoms with van der Waals surface area (Å²) in [6.07, 6.45) is 49.0. The van der Waals surface area contributed by atoms with Gasteiger partial charge in [-0.15, -0.1) is 0 Å². The van der Waals surface area contributed by atoms with Gasteiger partial charge in [0.25, 0.3) is 7.82 Å². The van der Waals surface area contributed by atoms with Crippen LogP contribution in [0.1, 0.15) is 219 Å². The van der Waals surface area contributed by atoms with E-state index in [1.807, 2.05) is 21.1 Å². The van der Waals surface area contributed by atoms with E-state index in [2.05, 4.69) is 50.3 Å². The fourth-order valence-corrected chi connectivity index (χ4v) is 7.52. The minimum atomic E-state index is -4.64. The van der Waals surface area contributed by atoms with Gasteiger partial charge in [-0.1, -0.05) is 198 Å². The molecule has 0 aliphatic rings. The highest BCUT2D eigenvalue weighted by Crippen LogP contribution is 2.38. The minimum Gasteiger partial charge on any atom is -0.756 e. The van der Waals surface area contributed by atoms with Gasteiger partial charge in [-0.05, 0) is 44.9 Å². The van der Waals surface area contributed by atoms with Crippen molar-refractivity contribution in [3.63, 3.8) is 0 Å². The third-order valence-corrected chi connectivity index (χ3v) is 11.6. The van der Waals surface area contributed by atoms with E-state index in [1.165, 1.54) is 141 Å². The van der Waals surface area contributed by atoms with Gasteiger partial charge in [0.1, 0.15) is 19.8 Å². The van der Waals surface area contributed by atoms with E-state index >= 15 is 0 Å². The molecule has 0 aromatic heterocycles. The van der Waals surface area contributed by atoms with Gasteiger partial charge in [-0.3, -0.25) is 14.2 Å². The standard InChI is InChI=1S/C50H94NO8P/c1-6-8-10-12-14-16-18-20-22-24-25-27-28-30-32-34-36-38-40-42-49(52)56-46-48(47-58-60(54,55)57-45-44-51(3,4)5)59-50(53)43-41-39-37-35-33-31-29-26-23-21-19-17-15-13-11-9-7-2/h21,23,29,31,35,37,48H,6-20,22,24-28,30,32-34,36,38-47H2,1-5H3/b23-21-,31-29-,37-35-/t48-/m1/s1. The van der Waals surface area contributed by atoms with Crippen molar-refractivity contribution < 1.29 is 42.1 Å². The van der Waals surface area contributed by atoms with Gasteiger partial charge in [-0.25, -0.2) is 0 Å². The number of likely N-dealkylation sites (N-methyl/N-ethyl adjacent to an activating group) is 1. The van der Waals surface area contributed by atoms with Gasteiger partial charge in [0.2, 0.25) is 0 Å². The van der Waals surface area contributed by atoms with Crippen LogP contribution in [0, 0.1) is 0 Å². The second-order valence-corrected chi connectivity index (χ2v) is 19.2. The lowest BCUT2D eigenvalue weighted by Gasteiger charge is -2.28. The maximum absolute atomic E-state index is 12.7. The summed E-state index contributed by atoms with van der Waals surface area (Å²) in [7, 11) is 1.14. The lowest BCUT2D eigenvalue weighted by Crippen LogP contribution is -2.37. The third kappa shape index (κ3) is 45.7. The van der Waals surface area contributed by atoms with Crippen LogP contribution in [0.5, 0.6) is 0 Å². The Morgan fingerprint density at radius 1 is 0.517 bits per heavy atom. The first-order valence-electron chi connectivity index (χ1n) is 24.7. The first kappa shape index (κ1) is 58.2. The number of carbonyl (C=O) groups is 2. The number of esters is 2. The van der Waals surface area contributed by atoms with Gasteiger partial charge >= 0.3 is 11.9 Å². The summed E-state index contributed by atoms with van der Waals surface area (Å²) in [5.41, 5.74) is 0. The molecule has 0 fully saturated rings. The molecule has 0 aliphatic heterocycles. The molecule has 0 aliphatic carbocycles. The maximum atomic E-state index is 12.7. The smallest absolute Gasteiger partial charge is 0.306 e. The van der Waals surface area contributed by atoms with Crippen LogP contribution < -0.4 is 4.89 Å². The predicted octanol–water partition coefficient (Wildman–Crippen LogP) is 13.8. The van der Waals surface area contributed by atoms with Crippen molar-refractivity contribution in [1.82, 2.24) is 0 Å². The number of unbranched alkanes of at least 4 members (excludes halogenated alkanes) is 25.